The molecule has 1 aromatic heterocycles. The maximum atomic E-state index is 13.4. The van der Waals surface area contributed by atoms with E-state index in [2.05, 4.69) is 19.8 Å². The van der Waals surface area contributed by atoms with Gasteiger partial charge in [-0.1, -0.05) is 18.2 Å². The van der Waals surface area contributed by atoms with Gasteiger partial charge in [0.2, 0.25) is 0 Å². The quantitative estimate of drug-likeness (QED) is 0.882. The molecule has 3 heterocycles. The maximum Gasteiger partial charge on any atom is 0.254 e. The van der Waals surface area contributed by atoms with Crippen LogP contribution in [0.2, 0.25) is 0 Å². The SMILES string of the molecule is O=C(c1ccccc1-c1ncc[nH]1)N1CCCC[C@H]1CCN1CCOCC1. The summed E-state index contributed by atoms with van der Waals surface area (Å²) in [5, 5.41) is 0. The molecule has 0 unspecified atom stereocenters. The molecule has 0 spiro atoms. The molecular weight excluding hydrogens is 340 g/mol. The lowest BCUT2D eigenvalue weighted by atomic mass is 9.96. The van der Waals surface area contributed by atoms with Crippen LogP contribution in [-0.4, -0.2) is 71.1 Å². The third-order valence-corrected chi connectivity index (χ3v) is 5.68. The summed E-state index contributed by atoms with van der Waals surface area (Å²) in [7, 11) is 0. The minimum atomic E-state index is 0.133. The number of amides is 1. The number of imidazole rings is 1. The van der Waals surface area contributed by atoms with E-state index in [9.17, 15) is 4.79 Å². The number of H-pyrrole nitrogens is 1. The van der Waals surface area contributed by atoms with E-state index in [-0.39, 0.29) is 5.91 Å². The van der Waals surface area contributed by atoms with Gasteiger partial charge in [0.1, 0.15) is 5.82 Å². The van der Waals surface area contributed by atoms with Gasteiger partial charge in [-0.3, -0.25) is 9.69 Å². The number of piperidine rings is 1. The van der Waals surface area contributed by atoms with Crippen LogP contribution in [0.4, 0.5) is 0 Å². The van der Waals surface area contributed by atoms with E-state index in [4.69, 9.17) is 4.74 Å². The van der Waals surface area contributed by atoms with Gasteiger partial charge in [-0.15, -0.1) is 0 Å². The van der Waals surface area contributed by atoms with E-state index < -0.39 is 0 Å². The minimum Gasteiger partial charge on any atom is -0.379 e. The summed E-state index contributed by atoms with van der Waals surface area (Å²) in [5.74, 6) is 0.884. The van der Waals surface area contributed by atoms with E-state index in [1.807, 2.05) is 24.3 Å². The second kappa shape index (κ2) is 8.67. The molecule has 144 valence electrons. The maximum absolute atomic E-state index is 13.4. The summed E-state index contributed by atoms with van der Waals surface area (Å²) in [5.41, 5.74) is 1.62. The first-order valence-electron chi connectivity index (χ1n) is 10.0. The first-order valence-corrected chi connectivity index (χ1v) is 10.0. The Morgan fingerprint density at radius 1 is 1.19 bits per heavy atom. The van der Waals surface area contributed by atoms with Crippen LogP contribution in [0, 0.1) is 0 Å². The molecule has 0 bridgehead atoms. The zero-order valence-corrected chi connectivity index (χ0v) is 15.8. The molecule has 0 saturated carbocycles. The van der Waals surface area contributed by atoms with Crippen LogP contribution in [0.25, 0.3) is 11.4 Å². The number of likely N-dealkylation sites (tertiary alicyclic amines) is 1. The summed E-state index contributed by atoms with van der Waals surface area (Å²) in [6.07, 6.45) is 7.94. The first-order chi connectivity index (χ1) is 13.3. The molecule has 27 heavy (non-hydrogen) atoms. The monoisotopic (exact) mass is 368 g/mol. The highest BCUT2D eigenvalue weighted by atomic mass is 16.5. The number of benzene rings is 1. The fourth-order valence-corrected chi connectivity index (χ4v) is 4.17. The summed E-state index contributed by atoms with van der Waals surface area (Å²) in [4.78, 5) is 25.5. The fraction of sp³-hybridized carbons (Fsp3) is 0.524. The second-order valence-electron chi connectivity index (χ2n) is 7.37. The lowest BCUT2D eigenvalue weighted by molar-refractivity contribution is 0.0296. The Morgan fingerprint density at radius 2 is 2.04 bits per heavy atom. The standard InChI is InChI=1S/C21H28N4O2/c26-21(19-7-2-1-6-18(19)20-22-9-10-23-20)25-11-4-3-5-17(25)8-12-24-13-15-27-16-14-24/h1-2,6-7,9-10,17H,3-5,8,11-16H2,(H,22,23)/t17-/m0/s1. The van der Waals surface area contributed by atoms with E-state index in [0.717, 1.165) is 75.6 Å². The van der Waals surface area contributed by atoms with Crippen molar-refractivity contribution in [3.8, 4) is 11.4 Å². The van der Waals surface area contributed by atoms with Crippen molar-refractivity contribution in [1.29, 1.82) is 0 Å². The van der Waals surface area contributed by atoms with E-state index in [0.29, 0.717) is 6.04 Å². The molecule has 1 N–H and O–H groups in total. The predicted octanol–water partition coefficient (Wildman–Crippen LogP) is 2.79. The molecule has 2 saturated heterocycles. The van der Waals surface area contributed by atoms with Gasteiger partial charge < -0.3 is 14.6 Å². The lowest BCUT2D eigenvalue weighted by Crippen LogP contribution is -2.46. The van der Waals surface area contributed by atoms with Crippen molar-refractivity contribution < 1.29 is 9.53 Å². The van der Waals surface area contributed by atoms with Crippen LogP contribution in [-0.2, 0) is 4.74 Å². The number of carbonyl (C=O) groups is 1. The molecule has 6 heteroatoms. The Hall–Kier alpha value is -2.18. The number of hydrogen-bond acceptors (Lipinski definition) is 4. The Bertz CT molecular complexity index is 740. The van der Waals surface area contributed by atoms with Crippen molar-refractivity contribution in [2.75, 3.05) is 39.4 Å². The predicted molar refractivity (Wildman–Crippen MR) is 105 cm³/mol. The highest BCUT2D eigenvalue weighted by molar-refractivity contribution is 6.00. The summed E-state index contributed by atoms with van der Waals surface area (Å²) < 4.78 is 5.44. The summed E-state index contributed by atoms with van der Waals surface area (Å²) >= 11 is 0. The summed E-state index contributed by atoms with van der Waals surface area (Å²) in [6.45, 7) is 5.54. The van der Waals surface area contributed by atoms with Crippen molar-refractivity contribution in [2.45, 2.75) is 31.7 Å². The number of nitrogens with zero attached hydrogens (tertiary/aromatic N) is 3. The number of ether oxygens (including phenoxy) is 1. The molecule has 0 radical (unpaired) electrons. The molecule has 6 nitrogen and oxygen atoms in total. The molecule has 4 rings (SSSR count). The first kappa shape index (κ1) is 18.2. The number of hydrogen-bond donors (Lipinski definition) is 1. The van der Waals surface area contributed by atoms with Crippen LogP contribution in [0.1, 0.15) is 36.0 Å². The van der Waals surface area contributed by atoms with Crippen molar-refractivity contribution in [3.05, 3.63) is 42.2 Å². The highest BCUT2D eigenvalue weighted by Gasteiger charge is 2.29. The van der Waals surface area contributed by atoms with Gasteiger partial charge in [-0.25, -0.2) is 4.98 Å². The van der Waals surface area contributed by atoms with Crippen LogP contribution in [0.15, 0.2) is 36.7 Å². The number of carbonyl (C=O) groups excluding carboxylic acids is 1. The topological polar surface area (TPSA) is 61.5 Å². The van der Waals surface area contributed by atoms with Crippen LogP contribution < -0.4 is 0 Å². The molecule has 2 aromatic rings. The molecule has 2 aliphatic rings. The summed E-state index contributed by atoms with van der Waals surface area (Å²) in [6, 6.07) is 8.11. The van der Waals surface area contributed by atoms with Gasteiger partial charge >= 0.3 is 0 Å². The molecule has 1 amide bonds. The van der Waals surface area contributed by atoms with E-state index in [1.165, 1.54) is 6.42 Å². The normalized spacial score (nSPS) is 21.3. The number of morpholine rings is 1. The van der Waals surface area contributed by atoms with Crippen LogP contribution in [0.5, 0.6) is 0 Å². The van der Waals surface area contributed by atoms with Gasteiger partial charge in [-0.05, 0) is 31.7 Å². The average Bonchev–Trinajstić information content (AvgIpc) is 3.27. The van der Waals surface area contributed by atoms with Crippen LogP contribution >= 0.6 is 0 Å². The number of aromatic nitrogens is 2. The molecule has 1 atom stereocenters. The van der Waals surface area contributed by atoms with Gasteiger partial charge in [0.15, 0.2) is 0 Å². The average molecular weight is 368 g/mol. The van der Waals surface area contributed by atoms with Crippen LogP contribution in [0.3, 0.4) is 0 Å². The van der Waals surface area contributed by atoms with E-state index in [1.54, 1.807) is 12.4 Å². The fourth-order valence-electron chi connectivity index (χ4n) is 4.17. The Balaban J connectivity index is 1.49. The smallest absolute Gasteiger partial charge is 0.254 e. The number of aromatic amines is 1. The van der Waals surface area contributed by atoms with Gasteiger partial charge in [0.05, 0.1) is 18.8 Å². The minimum absolute atomic E-state index is 0.133. The molecule has 1 aromatic carbocycles. The zero-order chi connectivity index (χ0) is 18.5. The van der Waals surface area contributed by atoms with E-state index >= 15 is 0 Å². The molecule has 2 fully saturated rings. The van der Waals surface area contributed by atoms with Crippen molar-refractivity contribution in [3.63, 3.8) is 0 Å². The van der Waals surface area contributed by atoms with Gasteiger partial charge in [0, 0.05) is 50.2 Å². The van der Waals surface area contributed by atoms with Crippen molar-refractivity contribution in [1.82, 2.24) is 19.8 Å². The third-order valence-electron chi connectivity index (χ3n) is 5.68. The second-order valence-corrected chi connectivity index (χ2v) is 7.37. The Morgan fingerprint density at radius 3 is 2.85 bits per heavy atom. The molecule has 2 aliphatic heterocycles. The number of rotatable bonds is 5. The largest absolute Gasteiger partial charge is 0.379 e. The Labute approximate surface area is 160 Å². The van der Waals surface area contributed by atoms with Crippen molar-refractivity contribution >= 4 is 5.91 Å². The van der Waals surface area contributed by atoms with Gasteiger partial charge in [-0.2, -0.15) is 0 Å². The number of nitrogens with one attached hydrogen (secondary N) is 1. The zero-order valence-electron chi connectivity index (χ0n) is 15.8. The third kappa shape index (κ3) is 4.22. The highest BCUT2D eigenvalue weighted by Crippen LogP contribution is 2.26. The van der Waals surface area contributed by atoms with Gasteiger partial charge in [0.25, 0.3) is 5.91 Å². The van der Waals surface area contributed by atoms with Crippen molar-refractivity contribution in [2.24, 2.45) is 0 Å². The molecule has 0 aliphatic carbocycles. The molecular formula is C21H28N4O2. The Kier molecular flexibility index (Phi) is 5.84. The lowest BCUT2D eigenvalue weighted by Gasteiger charge is -2.38.